The van der Waals surface area contributed by atoms with Gasteiger partial charge in [0.15, 0.2) is 6.29 Å². The van der Waals surface area contributed by atoms with Crippen LogP contribution in [0.4, 0.5) is 11.5 Å². The second-order valence-electron chi connectivity index (χ2n) is 3.30. The Morgan fingerprint density at radius 1 is 1.17 bits per heavy atom. The highest BCUT2D eigenvalue weighted by Gasteiger charge is 2.11. The molecule has 1 aromatic heterocycles. The average molecular weight is 394 g/mol. The van der Waals surface area contributed by atoms with E-state index in [1.807, 2.05) is 24.3 Å². The monoisotopic (exact) mass is 393 g/mol. The van der Waals surface area contributed by atoms with Crippen molar-refractivity contribution in [2.24, 2.45) is 0 Å². The smallest absolute Gasteiger partial charge is 0.225 e. The van der Waals surface area contributed by atoms with Crippen LogP contribution in [-0.4, -0.2) is 16.3 Å². The molecular weight excluding hydrogens is 388 g/mol. The number of aldehydes is 1. The summed E-state index contributed by atoms with van der Waals surface area (Å²) in [6.07, 6.45) is 0.591. The zero-order valence-electron chi connectivity index (χ0n) is 8.82. The topological polar surface area (TPSA) is 54.9 Å². The first kappa shape index (κ1) is 13.5. The van der Waals surface area contributed by atoms with Crippen LogP contribution < -0.4 is 5.32 Å². The number of nitrogens with one attached hydrogen (secondary N) is 1. The number of rotatable bonds is 3. The van der Waals surface area contributed by atoms with Gasteiger partial charge in [0.25, 0.3) is 0 Å². The fourth-order valence-electron chi connectivity index (χ4n) is 1.29. The van der Waals surface area contributed by atoms with E-state index in [4.69, 9.17) is 23.2 Å². The van der Waals surface area contributed by atoms with Crippen LogP contribution in [0.25, 0.3) is 0 Å². The molecule has 0 spiro atoms. The number of carbonyl (C=O) groups is 1. The molecule has 0 atom stereocenters. The third kappa shape index (κ3) is 3.09. The molecular formula is C11H6Cl2IN3O. The maximum absolute atomic E-state index is 11.0. The van der Waals surface area contributed by atoms with Crippen LogP contribution >= 0.6 is 45.8 Å². The van der Waals surface area contributed by atoms with Gasteiger partial charge in [-0.05, 0) is 58.5 Å². The molecule has 2 rings (SSSR count). The van der Waals surface area contributed by atoms with E-state index in [0.717, 1.165) is 9.26 Å². The minimum Gasteiger partial charge on any atom is -0.339 e. The molecule has 1 heterocycles. The number of aromatic nitrogens is 2. The Morgan fingerprint density at radius 3 is 2.44 bits per heavy atom. The molecule has 0 aliphatic rings. The predicted octanol–water partition coefficient (Wildman–Crippen LogP) is 3.94. The van der Waals surface area contributed by atoms with E-state index in [1.165, 1.54) is 0 Å². The van der Waals surface area contributed by atoms with Gasteiger partial charge in [0.1, 0.15) is 11.0 Å². The predicted molar refractivity (Wildman–Crippen MR) is 79.9 cm³/mol. The highest BCUT2D eigenvalue weighted by molar-refractivity contribution is 14.1. The number of anilines is 2. The summed E-state index contributed by atoms with van der Waals surface area (Å²) >= 11 is 13.7. The quantitative estimate of drug-likeness (QED) is 0.371. The van der Waals surface area contributed by atoms with Crippen molar-refractivity contribution in [3.63, 3.8) is 0 Å². The van der Waals surface area contributed by atoms with Gasteiger partial charge in [-0.2, -0.15) is 4.98 Å². The van der Waals surface area contributed by atoms with Crippen molar-refractivity contribution >= 4 is 63.6 Å². The number of carbonyl (C=O) groups excluding carboxylic acids is 1. The first-order valence-corrected chi connectivity index (χ1v) is 6.64. The van der Waals surface area contributed by atoms with E-state index in [9.17, 15) is 4.79 Å². The molecule has 0 aliphatic heterocycles. The van der Waals surface area contributed by atoms with Gasteiger partial charge in [-0.15, -0.1) is 0 Å². The summed E-state index contributed by atoms with van der Waals surface area (Å²) in [7, 11) is 0. The second-order valence-corrected chi connectivity index (χ2v) is 5.24. The van der Waals surface area contributed by atoms with Crippen molar-refractivity contribution in [1.29, 1.82) is 0 Å². The van der Waals surface area contributed by atoms with Crippen molar-refractivity contribution in [3.8, 4) is 0 Å². The molecule has 1 aromatic carbocycles. The number of nitrogens with zero attached hydrogens (tertiary/aromatic N) is 2. The lowest BCUT2D eigenvalue weighted by Gasteiger charge is -2.08. The van der Waals surface area contributed by atoms with Gasteiger partial charge in [0.05, 0.1) is 5.56 Å². The van der Waals surface area contributed by atoms with Crippen LogP contribution in [0.1, 0.15) is 10.4 Å². The summed E-state index contributed by atoms with van der Waals surface area (Å²) in [4.78, 5) is 18.6. The fraction of sp³-hybridized carbons (Fsp3) is 0. The largest absolute Gasteiger partial charge is 0.339 e. The molecule has 0 saturated carbocycles. The zero-order valence-corrected chi connectivity index (χ0v) is 12.5. The van der Waals surface area contributed by atoms with Gasteiger partial charge >= 0.3 is 0 Å². The van der Waals surface area contributed by atoms with Crippen molar-refractivity contribution in [2.75, 3.05) is 5.32 Å². The lowest BCUT2D eigenvalue weighted by Crippen LogP contribution is -2.01. The molecule has 4 nitrogen and oxygen atoms in total. The van der Waals surface area contributed by atoms with Crippen LogP contribution in [0.3, 0.4) is 0 Å². The first-order chi connectivity index (χ1) is 8.60. The van der Waals surface area contributed by atoms with E-state index < -0.39 is 0 Å². The molecule has 0 unspecified atom stereocenters. The van der Waals surface area contributed by atoms with Crippen molar-refractivity contribution in [2.45, 2.75) is 0 Å². The zero-order chi connectivity index (χ0) is 13.1. The standard InChI is InChI=1S/C11H6Cl2IN3O/c12-9-8(5-18)10(17-11(13)16-9)15-7-3-1-6(14)2-4-7/h1-5H,(H,15,16,17). The van der Waals surface area contributed by atoms with Crippen molar-refractivity contribution < 1.29 is 4.79 Å². The molecule has 18 heavy (non-hydrogen) atoms. The minimum absolute atomic E-state index is 0.0152. The number of hydrogen-bond donors (Lipinski definition) is 1. The van der Waals surface area contributed by atoms with Crippen molar-refractivity contribution in [3.05, 3.63) is 43.8 Å². The molecule has 0 bridgehead atoms. The number of hydrogen-bond acceptors (Lipinski definition) is 4. The maximum Gasteiger partial charge on any atom is 0.225 e. The molecule has 0 fully saturated rings. The Hall–Kier alpha value is -0.920. The van der Waals surface area contributed by atoms with Crippen LogP contribution in [0, 0.1) is 3.57 Å². The molecule has 0 saturated heterocycles. The highest BCUT2D eigenvalue weighted by atomic mass is 127. The molecule has 0 aliphatic carbocycles. The summed E-state index contributed by atoms with van der Waals surface area (Å²) < 4.78 is 1.10. The van der Waals surface area contributed by atoms with Gasteiger partial charge in [-0.3, -0.25) is 4.79 Å². The summed E-state index contributed by atoms with van der Waals surface area (Å²) in [5, 5.41) is 2.99. The van der Waals surface area contributed by atoms with Crippen LogP contribution in [-0.2, 0) is 0 Å². The third-order valence-corrected chi connectivity index (χ3v) is 3.27. The second kappa shape index (κ2) is 5.81. The van der Waals surface area contributed by atoms with Crippen molar-refractivity contribution in [1.82, 2.24) is 9.97 Å². The van der Waals surface area contributed by atoms with Crippen LogP contribution in [0.2, 0.25) is 10.4 Å². The van der Waals surface area contributed by atoms with Gasteiger partial charge in [-0.1, -0.05) is 11.6 Å². The van der Waals surface area contributed by atoms with Gasteiger partial charge in [0, 0.05) is 9.26 Å². The molecule has 92 valence electrons. The summed E-state index contributed by atoms with van der Waals surface area (Å²) in [6, 6.07) is 7.57. The van der Waals surface area contributed by atoms with Crippen LogP contribution in [0.5, 0.6) is 0 Å². The Bertz CT molecular complexity index is 590. The first-order valence-electron chi connectivity index (χ1n) is 4.81. The van der Waals surface area contributed by atoms with E-state index in [-0.39, 0.29) is 21.8 Å². The van der Waals surface area contributed by atoms with E-state index in [0.29, 0.717) is 6.29 Å². The van der Waals surface area contributed by atoms with E-state index in [1.54, 1.807) is 0 Å². The SMILES string of the molecule is O=Cc1c(Cl)nc(Cl)nc1Nc1ccc(I)cc1. The molecule has 1 N–H and O–H groups in total. The van der Waals surface area contributed by atoms with E-state index in [2.05, 4.69) is 37.9 Å². The lowest BCUT2D eigenvalue weighted by atomic mass is 10.3. The Kier molecular flexibility index (Phi) is 4.36. The van der Waals surface area contributed by atoms with Crippen LogP contribution in [0.15, 0.2) is 24.3 Å². The molecule has 2 aromatic rings. The normalized spacial score (nSPS) is 10.2. The average Bonchev–Trinajstić information content (AvgIpc) is 2.32. The molecule has 0 amide bonds. The Balaban J connectivity index is 2.39. The van der Waals surface area contributed by atoms with Gasteiger partial charge < -0.3 is 5.32 Å². The summed E-state index contributed by atoms with van der Waals surface area (Å²) in [5.74, 6) is 0.288. The fourth-order valence-corrected chi connectivity index (χ4v) is 2.07. The van der Waals surface area contributed by atoms with E-state index >= 15 is 0 Å². The highest BCUT2D eigenvalue weighted by Crippen LogP contribution is 2.24. The summed E-state index contributed by atoms with van der Waals surface area (Å²) in [5.41, 5.74) is 0.962. The minimum atomic E-state index is -0.0152. The number of benzene rings is 1. The Morgan fingerprint density at radius 2 is 1.83 bits per heavy atom. The lowest BCUT2D eigenvalue weighted by molar-refractivity contribution is 0.112. The van der Waals surface area contributed by atoms with Gasteiger partial charge in [-0.25, -0.2) is 4.98 Å². The maximum atomic E-state index is 11.0. The molecule has 0 radical (unpaired) electrons. The van der Waals surface area contributed by atoms with Gasteiger partial charge in [0.2, 0.25) is 5.28 Å². The third-order valence-electron chi connectivity index (χ3n) is 2.10. The summed E-state index contributed by atoms with van der Waals surface area (Å²) in [6.45, 7) is 0. The molecule has 7 heteroatoms. The number of halogens is 3. The Labute approximate surface area is 127 Å².